The lowest BCUT2D eigenvalue weighted by Crippen LogP contribution is -2.73. The fourth-order valence-corrected chi connectivity index (χ4v) is 3.47. The molecule has 3 aliphatic rings. The van der Waals surface area contributed by atoms with Crippen molar-refractivity contribution in [3.8, 4) is 0 Å². The van der Waals surface area contributed by atoms with Gasteiger partial charge in [-0.3, -0.25) is 4.90 Å². The summed E-state index contributed by atoms with van der Waals surface area (Å²) in [7, 11) is 0. The summed E-state index contributed by atoms with van der Waals surface area (Å²) >= 11 is 0. The third kappa shape index (κ3) is 1.45. The summed E-state index contributed by atoms with van der Waals surface area (Å²) < 4.78 is 5.79. The van der Waals surface area contributed by atoms with Gasteiger partial charge in [0.15, 0.2) is 0 Å². The molecule has 1 saturated carbocycles. The van der Waals surface area contributed by atoms with Crippen molar-refractivity contribution < 1.29 is 4.74 Å². The Bertz CT molecular complexity index is 280. The summed E-state index contributed by atoms with van der Waals surface area (Å²) in [6, 6.07) is 0.888. The molecule has 3 nitrogen and oxygen atoms in total. The molecule has 0 aromatic heterocycles. The minimum atomic E-state index is 0.369. The maximum absolute atomic E-state index is 6.25. The van der Waals surface area contributed by atoms with Gasteiger partial charge in [0.25, 0.3) is 0 Å². The predicted molar refractivity (Wildman–Crippen MR) is 64.1 cm³/mol. The highest BCUT2D eigenvalue weighted by Crippen LogP contribution is 2.45. The molecule has 16 heavy (non-hydrogen) atoms. The Labute approximate surface area is 98.3 Å². The lowest BCUT2D eigenvalue weighted by atomic mass is 9.67. The molecule has 0 aromatic carbocycles. The van der Waals surface area contributed by atoms with Gasteiger partial charge in [0.05, 0.1) is 12.1 Å². The highest BCUT2D eigenvalue weighted by molar-refractivity contribution is 5.11. The van der Waals surface area contributed by atoms with Crippen molar-refractivity contribution in [3.05, 3.63) is 0 Å². The SMILES string of the molecule is CC(C)(C)C1CN(C2C(N)C3CCOC32)C1. The number of fused-ring (bicyclic) bond motifs is 1. The average Bonchev–Trinajstić information content (AvgIpc) is 2.51. The normalized spacial score (nSPS) is 45.0. The van der Waals surface area contributed by atoms with E-state index in [0.29, 0.717) is 29.5 Å². The molecular formula is C13H24N2O. The lowest BCUT2D eigenvalue weighted by Gasteiger charge is -2.58. The summed E-state index contributed by atoms with van der Waals surface area (Å²) in [5, 5.41) is 0. The Morgan fingerprint density at radius 1 is 1.25 bits per heavy atom. The van der Waals surface area contributed by atoms with Crippen molar-refractivity contribution in [2.45, 2.75) is 45.4 Å². The summed E-state index contributed by atoms with van der Waals surface area (Å²) in [4.78, 5) is 2.55. The second-order valence-corrected chi connectivity index (χ2v) is 6.87. The Hall–Kier alpha value is -0.120. The van der Waals surface area contributed by atoms with Crippen molar-refractivity contribution in [2.75, 3.05) is 19.7 Å². The molecule has 4 unspecified atom stereocenters. The third-order valence-electron chi connectivity index (χ3n) is 4.96. The van der Waals surface area contributed by atoms with Gasteiger partial charge >= 0.3 is 0 Å². The number of rotatable bonds is 1. The molecule has 4 atom stereocenters. The van der Waals surface area contributed by atoms with Crippen LogP contribution in [0.4, 0.5) is 0 Å². The molecular weight excluding hydrogens is 200 g/mol. The van der Waals surface area contributed by atoms with Gasteiger partial charge in [-0.05, 0) is 17.8 Å². The molecule has 3 fully saturated rings. The van der Waals surface area contributed by atoms with Crippen molar-refractivity contribution >= 4 is 0 Å². The molecule has 2 N–H and O–H groups in total. The van der Waals surface area contributed by atoms with Gasteiger partial charge in [-0.15, -0.1) is 0 Å². The summed E-state index contributed by atoms with van der Waals surface area (Å²) in [6.45, 7) is 10.4. The van der Waals surface area contributed by atoms with E-state index in [1.165, 1.54) is 19.5 Å². The smallest absolute Gasteiger partial charge is 0.0789 e. The summed E-state index contributed by atoms with van der Waals surface area (Å²) in [5.74, 6) is 1.49. The van der Waals surface area contributed by atoms with E-state index in [2.05, 4.69) is 25.7 Å². The Balaban J connectivity index is 1.57. The van der Waals surface area contributed by atoms with Gasteiger partial charge in [0.2, 0.25) is 0 Å². The van der Waals surface area contributed by atoms with E-state index in [-0.39, 0.29) is 0 Å². The molecule has 92 valence electrons. The van der Waals surface area contributed by atoms with Crippen LogP contribution < -0.4 is 5.73 Å². The van der Waals surface area contributed by atoms with E-state index in [1.54, 1.807) is 0 Å². The molecule has 3 rings (SSSR count). The van der Waals surface area contributed by atoms with Crippen LogP contribution in [0.3, 0.4) is 0 Å². The van der Waals surface area contributed by atoms with Crippen LogP contribution in [0.15, 0.2) is 0 Å². The van der Waals surface area contributed by atoms with E-state index in [1.807, 2.05) is 0 Å². The van der Waals surface area contributed by atoms with Gasteiger partial charge in [0, 0.05) is 31.7 Å². The molecule has 0 amide bonds. The van der Waals surface area contributed by atoms with E-state index in [4.69, 9.17) is 10.5 Å². The molecule has 3 heteroatoms. The first kappa shape index (κ1) is 11.0. The zero-order valence-corrected chi connectivity index (χ0v) is 10.6. The zero-order valence-electron chi connectivity index (χ0n) is 10.6. The quantitative estimate of drug-likeness (QED) is 0.724. The maximum atomic E-state index is 6.25. The molecule has 1 aliphatic carbocycles. The number of nitrogens with two attached hydrogens (primary N) is 1. The minimum Gasteiger partial charge on any atom is -0.376 e. The highest BCUT2D eigenvalue weighted by atomic mass is 16.5. The molecule has 0 radical (unpaired) electrons. The van der Waals surface area contributed by atoms with Gasteiger partial charge < -0.3 is 10.5 Å². The van der Waals surface area contributed by atoms with Crippen LogP contribution in [0, 0.1) is 17.3 Å². The first-order valence-electron chi connectivity index (χ1n) is 6.60. The maximum Gasteiger partial charge on any atom is 0.0789 e. The Kier molecular flexibility index (Phi) is 2.36. The minimum absolute atomic E-state index is 0.369. The van der Waals surface area contributed by atoms with Gasteiger partial charge in [-0.1, -0.05) is 20.8 Å². The van der Waals surface area contributed by atoms with Crippen molar-refractivity contribution in [1.29, 1.82) is 0 Å². The van der Waals surface area contributed by atoms with E-state index >= 15 is 0 Å². The van der Waals surface area contributed by atoms with Crippen LogP contribution in [-0.4, -0.2) is 42.8 Å². The molecule has 0 spiro atoms. The van der Waals surface area contributed by atoms with Crippen LogP contribution in [0.25, 0.3) is 0 Å². The lowest BCUT2D eigenvalue weighted by molar-refractivity contribution is -0.123. The Morgan fingerprint density at radius 2 is 1.94 bits per heavy atom. The molecule has 2 heterocycles. The number of hydrogen-bond acceptors (Lipinski definition) is 3. The second-order valence-electron chi connectivity index (χ2n) is 6.87. The Morgan fingerprint density at radius 3 is 2.56 bits per heavy atom. The van der Waals surface area contributed by atoms with Crippen molar-refractivity contribution in [2.24, 2.45) is 23.0 Å². The molecule has 2 saturated heterocycles. The van der Waals surface area contributed by atoms with Crippen LogP contribution in [0.1, 0.15) is 27.2 Å². The first-order valence-corrected chi connectivity index (χ1v) is 6.60. The van der Waals surface area contributed by atoms with Crippen LogP contribution in [-0.2, 0) is 4.74 Å². The van der Waals surface area contributed by atoms with Crippen LogP contribution in [0.2, 0.25) is 0 Å². The number of nitrogens with zero attached hydrogens (tertiary/aromatic N) is 1. The number of hydrogen-bond donors (Lipinski definition) is 1. The van der Waals surface area contributed by atoms with Crippen molar-refractivity contribution in [1.82, 2.24) is 4.90 Å². The monoisotopic (exact) mass is 224 g/mol. The predicted octanol–water partition coefficient (Wildman–Crippen LogP) is 1.08. The van der Waals surface area contributed by atoms with E-state index < -0.39 is 0 Å². The molecule has 2 aliphatic heterocycles. The van der Waals surface area contributed by atoms with E-state index in [0.717, 1.165) is 12.5 Å². The average molecular weight is 224 g/mol. The summed E-state index contributed by atoms with van der Waals surface area (Å²) in [5.41, 5.74) is 6.70. The van der Waals surface area contributed by atoms with Gasteiger partial charge in [-0.2, -0.15) is 0 Å². The number of ether oxygens (including phenoxy) is 1. The van der Waals surface area contributed by atoms with Crippen molar-refractivity contribution in [3.63, 3.8) is 0 Å². The van der Waals surface area contributed by atoms with E-state index in [9.17, 15) is 0 Å². The standard InChI is InChI=1S/C13H24N2O/c1-13(2,3)8-6-15(7-8)11-10(14)9-4-5-16-12(9)11/h8-12H,4-7,14H2,1-3H3. The molecule has 0 aromatic rings. The first-order chi connectivity index (χ1) is 7.48. The van der Waals surface area contributed by atoms with Crippen LogP contribution >= 0.6 is 0 Å². The van der Waals surface area contributed by atoms with Gasteiger partial charge in [0.1, 0.15) is 0 Å². The molecule has 0 bridgehead atoms. The fourth-order valence-electron chi connectivity index (χ4n) is 3.47. The number of likely N-dealkylation sites (tertiary alicyclic amines) is 1. The second kappa shape index (κ2) is 3.44. The topological polar surface area (TPSA) is 38.5 Å². The summed E-state index contributed by atoms with van der Waals surface area (Å²) in [6.07, 6.45) is 1.63. The van der Waals surface area contributed by atoms with Gasteiger partial charge in [-0.25, -0.2) is 0 Å². The third-order valence-corrected chi connectivity index (χ3v) is 4.96. The highest BCUT2D eigenvalue weighted by Gasteiger charge is 2.56. The zero-order chi connectivity index (χ0) is 11.5. The largest absolute Gasteiger partial charge is 0.376 e. The van der Waals surface area contributed by atoms with Crippen LogP contribution in [0.5, 0.6) is 0 Å². The fraction of sp³-hybridized carbons (Fsp3) is 1.00.